The molecule has 16 heavy (non-hydrogen) atoms. The van der Waals surface area contributed by atoms with Gasteiger partial charge in [-0.15, -0.1) is 0 Å². The maximum atomic E-state index is 9.33. The van der Waals surface area contributed by atoms with Gasteiger partial charge in [0.25, 0.3) is 0 Å². The van der Waals surface area contributed by atoms with Gasteiger partial charge in [0.15, 0.2) is 0 Å². The SMILES string of the molecule is Cc1ncc(Nc2cccc(O)c2)c(C)n1. The second-order valence-corrected chi connectivity index (χ2v) is 3.59. The number of phenolic OH excluding ortho intramolecular Hbond substituents is 1. The van der Waals surface area contributed by atoms with E-state index in [9.17, 15) is 5.11 Å². The molecule has 0 atom stereocenters. The van der Waals surface area contributed by atoms with Crippen LogP contribution in [0.4, 0.5) is 11.4 Å². The topological polar surface area (TPSA) is 58.0 Å². The summed E-state index contributed by atoms with van der Waals surface area (Å²) >= 11 is 0. The van der Waals surface area contributed by atoms with Crippen molar-refractivity contribution in [2.75, 3.05) is 5.32 Å². The highest BCUT2D eigenvalue weighted by Crippen LogP contribution is 2.21. The van der Waals surface area contributed by atoms with Crippen LogP contribution in [0.15, 0.2) is 30.5 Å². The van der Waals surface area contributed by atoms with Crippen molar-refractivity contribution in [2.24, 2.45) is 0 Å². The molecule has 0 fully saturated rings. The highest BCUT2D eigenvalue weighted by molar-refractivity contribution is 5.61. The van der Waals surface area contributed by atoms with Crippen LogP contribution in [0.3, 0.4) is 0 Å². The van der Waals surface area contributed by atoms with E-state index in [1.807, 2.05) is 19.9 Å². The van der Waals surface area contributed by atoms with Gasteiger partial charge in [-0.2, -0.15) is 0 Å². The Morgan fingerprint density at radius 3 is 2.75 bits per heavy atom. The number of nitrogens with one attached hydrogen (secondary N) is 1. The summed E-state index contributed by atoms with van der Waals surface area (Å²) < 4.78 is 0. The van der Waals surface area contributed by atoms with Crippen molar-refractivity contribution in [1.29, 1.82) is 0 Å². The van der Waals surface area contributed by atoms with Crippen LogP contribution < -0.4 is 5.32 Å². The van der Waals surface area contributed by atoms with Crippen LogP contribution in [0.5, 0.6) is 5.75 Å². The highest BCUT2D eigenvalue weighted by Gasteiger charge is 2.01. The molecular weight excluding hydrogens is 202 g/mol. The van der Waals surface area contributed by atoms with Crippen molar-refractivity contribution in [3.63, 3.8) is 0 Å². The summed E-state index contributed by atoms with van der Waals surface area (Å²) in [5.74, 6) is 0.981. The number of hydrogen-bond donors (Lipinski definition) is 2. The third kappa shape index (κ3) is 2.28. The molecule has 2 N–H and O–H groups in total. The Morgan fingerprint density at radius 2 is 2.06 bits per heavy atom. The Kier molecular flexibility index (Phi) is 2.72. The third-order valence-corrected chi connectivity index (χ3v) is 2.22. The zero-order valence-corrected chi connectivity index (χ0v) is 9.23. The second kappa shape index (κ2) is 4.18. The van der Waals surface area contributed by atoms with Crippen LogP contribution in [-0.2, 0) is 0 Å². The standard InChI is InChI=1S/C12H13N3O/c1-8-12(7-13-9(2)14-8)15-10-4-3-5-11(16)6-10/h3-7,15-16H,1-2H3. The van der Waals surface area contributed by atoms with Crippen molar-refractivity contribution in [1.82, 2.24) is 9.97 Å². The number of benzene rings is 1. The third-order valence-electron chi connectivity index (χ3n) is 2.22. The molecule has 0 radical (unpaired) electrons. The fraction of sp³-hybridized carbons (Fsp3) is 0.167. The van der Waals surface area contributed by atoms with E-state index in [0.29, 0.717) is 0 Å². The van der Waals surface area contributed by atoms with Crippen LogP contribution in [0.1, 0.15) is 11.5 Å². The highest BCUT2D eigenvalue weighted by atomic mass is 16.3. The first-order chi connectivity index (χ1) is 7.65. The number of aromatic hydroxyl groups is 1. The average molecular weight is 215 g/mol. The molecule has 1 aromatic heterocycles. The Hall–Kier alpha value is -2.10. The number of hydrogen-bond acceptors (Lipinski definition) is 4. The van der Waals surface area contributed by atoms with E-state index in [1.54, 1.807) is 24.4 Å². The minimum absolute atomic E-state index is 0.232. The Balaban J connectivity index is 2.27. The number of anilines is 2. The lowest BCUT2D eigenvalue weighted by molar-refractivity contribution is 0.475. The molecule has 0 amide bonds. The number of aryl methyl sites for hydroxylation is 2. The van der Waals surface area contributed by atoms with Gasteiger partial charge in [-0.1, -0.05) is 6.07 Å². The molecule has 0 aliphatic heterocycles. The van der Waals surface area contributed by atoms with E-state index in [0.717, 1.165) is 22.9 Å². The summed E-state index contributed by atoms with van der Waals surface area (Å²) in [6, 6.07) is 6.93. The summed E-state index contributed by atoms with van der Waals surface area (Å²) in [4.78, 5) is 8.38. The summed E-state index contributed by atoms with van der Waals surface area (Å²) in [5, 5.41) is 12.5. The van der Waals surface area contributed by atoms with Crippen LogP contribution in [-0.4, -0.2) is 15.1 Å². The fourth-order valence-electron chi connectivity index (χ4n) is 1.45. The summed E-state index contributed by atoms with van der Waals surface area (Å²) in [7, 11) is 0. The Bertz CT molecular complexity index is 511. The molecule has 2 aromatic rings. The maximum absolute atomic E-state index is 9.33. The van der Waals surface area contributed by atoms with Crippen LogP contribution in [0, 0.1) is 13.8 Å². The van der Waals surface area contributed by atoms with Gasteiger partial charge in [-0.05, 0) is 26.0 Å². The zero-order chi connectivity index (χ0) is 11.5. The van der Waals surface area contributed by atoms with Gasteiger partial charge in [-0.3, -0.25) is 0 Å². The van der Waals surface area contributed by atoms with Gasteiger partial charge in [0.1, 0.15) is 11.6 Å². The van der Waals surface area contributed by atoms with E-state index >= 15 is 0 Å². The number of rotatable bonds is 2. The minimum atomic E-state index is 0.232. The molecule has 0 aliphatic carbocycles. The number of phenols is 1. The van der Waals surface area contributed by atoms with Gasteiger partial charge in [0.2, 0.25) is 0 Å². The fourth-order valence-corrected chi connectivity index (χ4v) is 1.45. The predicted molar refractivity (Wildman–Crippen MR) is 62.9 cm³/mol. The Morgan fingerprint density at radius 1 is 1.25 bits per heavy atom. The molecule has 0 spiro atoms. The van der Waals surface area contributed by atoms with E-state index in [4.69, 9.17) is 0 Å². The zero-order valence-electron chi connectivity index (χ0n) is 9.23. The lowest BCUT2D eigenvalue weighted by atomic mass is 10.3. The van der Waals surface area contributed by atoms with E-state index < -0.39 is 0 Å². The largest absolute Gasteiger partial charge is 0.508 e. The van der Waals surface area contributed by atoms with E-state index in [-0.39, 0.29) is 5.75 Å². The first kappa shape index (κ1) is 10.4. The molecule has 4 heteroatoms. The first-order valence-electron chi connectivity index (χ1n) is 5.01. The van der Waals surface area contributed by atoms with Gasteiger partial charge in [0.05, 0.1) is 17.6 Å². The quantitative estimate of drug-likeness (QED) is 0.808. The molecule has 2 rings (SSSR count). The molecule has 4 nitrogen and oxygen atoms in total. The lowest BCUT2D eigenvalue weighted by Crippen LogP contribution is -1.98. The Labute approximate surface area is 94.0 Å². The number of nitrogens with zero attached hydrogens (tertiary/aromatic N) is 2. The van der Waals surface area contributed by atoms with Gasteiger partial charge in [-0.25, -0.2) is 9.97 Å². The van der Waals surface area contributed by atoms with E-state index in [1.165, 1.54) is 0 Å². The monoisotopic (exact) mass is 215 g/mol. The van der Waals surface area contributed by atoms with Crippen molar-refractivity contribution < 1.29 is 5.11 Å². The summed E-state index contributed by atoms with van der Waals surface area (Å²) in [6.07, 6.45) is 1.74. The van der Waals surface area contributed by atoms with Gasteiger partial charge >= 0.3 is 0 Å². The minimum Gasteiger partial charge on any atom is -0.508 e. The maximum Gasteiger partial charge on any atom is 0.125 e. The normalized spacial score (nSPS) is 10.1. The molecular formula is C12H13N3O. The van der Waals surface area contributed by atoms with Crippen molar-refractivity contribution in [3.05, 3.63) is 42.0 Å². The summed E-state index contributed by atoms with van der Waals surface area (Å²) in [6.45, 7) is 3.77. The van der Waals surface area contributed by atoms with Crippen molar-refractivity contribution in [2.45, 2.75) is 13.8 Å². The van der Waals surface area contributed by atoms with Crippen LogP contribution >= 0.6 is 0 Å². The molecule has 0 saturated carbocycles. The smallest absolute Gasteiger partial charge is 0.125 e. The molecule has 82 valence electrons. The van der Waals surface area contributed by atoms with Crippen LogP contribution in [0.25, 0.3) is 0 Å². The average Bonchev–Trinajstić information content (AvgIpc) is 2.22. The van der Waals surface area contributed by atoms with Crippen LogP contribution in [0.2, 0.25) is 0 Å². The van der Waals surface area contributed by atoms with Gasteiger partial charge < -0.3 is 10.4 Å². The van der Waals surface area contributed by atoms with Crippen molar-refractivity contribution in [3.8, 4) is 5.75 Å². The first-order valence-corrected chi connectivity index (χ1v) is 5.01. The number of aromatic nitrogens is 2. The molecule has 0 bridgehead atoms. The van der Waals surface area contributed by atoms with Crippen molar-refractivity contribution >= 4 is 11.4 Å². The second-order valence-electron chi connectivity index (χ2n) is 3.59. The molecule has 0 saturated heterocycles. The van der Waals surface area contributed by atoms with E-state index in [2.05, 4.69) is 15.3 Å². The molecule has 1 heterocycles. The molecule has 0 aliphatic rings. The molecule has 1 aromatic carbocycles. The molecule has 0 unspecified atom stereocenters. The van der Waals surface area contributed by atoms with Gasteiger partial charge in [0, 0.05) is 11.8 Å². The predicted octanol–water partition coefficient (Wildman–Crippen LogP) is 2.54. The summed E-state index contributed by atoms with van der Waals surface area (Å²) in [5.41, 5.74) is 2.54. The lowest BCUT2D eigenvalue weighted by Gasteiger charge is -2.08.